The predicted octanol–water partition coefficient (Wildman–Crippen LogP) is 6.19. The fourth-order valence-corrected chi connectivity index (χ4v) is 3.21. The second-order valence-corrected chi connectivity index (χ2v) is 8.32. The number of hydrogen-bond donors (Lipinski definition) is 0. The zero-order chi connectivity index (χ0) is 20.9. The van der Waals surface area contributed by atoms with Crippen molar-refractivity contribution in [2.24, 2.45) is 5.92 Å². The second-order valence-electron chi connectivity index (χ2n) is 8.32. The largest absolute Gasteiger partial charge is 0.306 e. The van der Waals surface area contributed by atoms with Gasteiger partial charge < -0.3 is 9.69 Å². The monoisotopic (exact) mass is 377 g/mol. The highest BCUT2D eigenvalue weighted by atomic mass is 19.1. The van der Waals surface area contributed by atoms with Gasteiger partial charge in [0.2, 0.25) is 0 Å². The molecule has 0 aromatic heterocycles. The Morgan fingerprint density at radius 3 is 2.22 bits per heavy atom. The summed E-state index contributed by atoms with van der Waals surface area (Å²) in [6.45, 7) is 16.0. The Kier molecular flexibility index (Phi) is 12.9. The van der Waals surface area contributed by atoms with Crippen LogP contribution >= 0.6 is 0 Å². The molecule has 0 aliphatic carbocycles. The highest BCUT2D eigenvalue weighted by Crippen LogP contribution is 2.30. The van der Waals surface area contributed by atoms with Gasteiger partial charge in [0, 0.05) is 0 Å². The van der Waals surface area contributed by atoms with Crippen LogP contribution in [0.25, 0.3) is 0 Å². The topological polar surface area (TPSA) is 20.3 Å². The molecule has 0 bridgehead atoms. The number of likely N-dealkylation sites (tertiary alicyclic amines) is 1. The molecule has 0 spiro atoms. The maximum absolute atomic E-state index is 13.5. The van der Waals surface area contributed by atoms with E-state index in [1.807, 2.05) is 12.1 Å². The molecular formula is C24H40FNO. The zero-order valence-electron chi connectivity index (χ0n) is 18.4. The Morgan fingerprint density at radius 2 is 1.81 bits per heavy atom. The van der Waals surface area contributed by atoms with Crippen molar-refractivity contribution in [1.29, 1.82) is 0 Å². The van der Waals surface area contributed by atoms with Crippen molar-refractivity contribution < 1.29 is 9.18 Å². The fraction of sp³-hybridized carbons (Fsp3) is 0.625. The Balaban J connectivity index is 0.000000719. The van der Waals surface area contributed by atoms with Crippen molar-refractivity contribution in [3.63, 3.8) is 0 Å². The van der Waals surface area contributed by atoms with Gasteiger partial charge in [0.1, 0.15) is 12.1 Å². The van der Waals surface area contributed by atoms with Crippen molar-refractivity contribution >= 4 is 6.29 Å². The number of halogens is 1. The minimum Gasteiger partial charge on any atom is -0.306 e. The van der Waals surface area contributed by atoms with Gasteiger partial charge in [-0.3, -0.25) is 0 Å². The number of nitrogens with zero attached hydrogens (tertiary/aromatic N) is 1. The highest BCUT2D eigenvalue weighted by molar-refractivity contribution is 5.44. The summed E-state index contributed by atoms with van der Waals surface area (Å²) < 4.78 is 13.5. The number of hydrogen-bond acceptors (Lipinski definition) is 2. The SMILES string of the molecule is C=CCCC.CC=O.CN1CCC(Cc2ccc(F)cc2C(C)(C)C)CC1. The summed E-state index contributed by atoms with van der Waals surface area (Å²) in [5.41, 5.74) is 2.53. The highest BCUT2D eigenvalue weighted by Gasteiger charge is 2.22. The first-order valence-corrected chi connectivity index (χ1v) is 10.2. The summed E-state index contributed by atoms with van der Waals surface area (Å²) >= 11 is 0. The average molecular weight is 378 g/mol. The lowest BCUT2D eigenvalue weighted by Crippen LogP contribution is -2.31. The fourth-order valence-electron chi connectivity index (χ4n) is 3.21. The average Bonchev–Trinajstić information content (AvgIpc) is 2.59. The Morgan fingerprint density at radius 1 is 1.26 bits per heavy atom. The summed E-state index contributed by atoms with van der Waals surface area (Å²) in [5, 5.41) is 0. The third kappa shape index (κ3) is 11.1. The number of piperidine rings is 1. The number of carbonyl (C=O) groups is 1. The molecule has 1 aromatic rings. The van der Waals surface area contributed by atoms with Gasteiger partial charge in [-0.05, 0) is 87.3 Å². The molecule has 2 nitrogen and oxygen atoms in total. The van der Waals surface area contributed by atoms with Gasteiger partial charge in [0.25, 0.3) is 0 Å². The number of rotatable bonds is 4. The van der Waals surface area contributed by atoms with Crippen LogP contribution in [-0.4, -0.2) is 31.3 Å². The van der Waals surface area contributed by atoms with Crippen molar-refractivity contribution in [2.45, 2.75) is 72.1 Å². The van der Waals surface area contributed by atoms with Crippen LogP contribution in [0.5, 0.6) is 0 Å². The number of benzene rings is 1. The van der Waals surface area contributed by atoms with Crippen LogP contribution in [0.4, 0.5) is 4.39 Å². The maximum Gasteiger partial charge on any atom is 0.123 e. The van der Waals surface area contributed by atoms with Crippen LogP contribution in [0.2, 0.25) is 0 Å². The van der Waals surface area contributed by atoms with Crippen molar-refractivity contribution in [3.05, 3.63) is 47.8 Å². The van der Waals surface area contributed by atoms with Gasteiger partial charge in [-0.25, -0.2) is 4.39 Å². The molecule has 1 aromatic carbocycles. The van der Waals surface area contributed by atoms with E-state index in [4.69, 9.17) is 4.79 Å². The maximum atomic E-state index is 13.5. The number of aldehydes is 1. The molecular weight excluding hydrogens is 337 g/mol. The van der Waals surface area contributed by atoms with E-state index in [9.17, 15) is 4.39 Å². The Bertz CT molecular complexity index is 540. The first-order chi connectivity index (χ1) is 12.7. The van der Waals surface area contributed by atoms with E-state index in [1.165, 1.54) is 50.4 Å². The molecule has 0 atom stereocenters. The van der Waals surface area contributed by atoms with Crippen LogP contribution in [-0.2, 0) is 16.6 Å². The van der Waals surface area contributed by atoms with E-state index in [-0.39, 0.29) is 11.2 Å². The zero-order valence-corrected chi connectivity index (χ0v) is 18.4. The molecule has 0 N–H and O–H groups in total. The lowest BCUT2D eigenvalue weighted by atomic mass is 9.80. The summed E-state index contributed by atoms with van der Waals surface area (Å²) in [4.78, 5) is 11.2. The number of unbranched alkanes of at least 4 members (excludes halogenated alkanes) is 1. The molecule has 1 heterocycles. The van der Waals surface area contributed by atoms with Crippen LogP contribution in [0.3, 0.4) is 0 Å². The van der Waals surface area contributed by atoms with Crippen molar-refractivity contribution in [1.82, 2.24) is 4.90 Å². The first-order valence-electron chi connectivity index (χ1n) is 10.2. The minimum atomic E-state index is -0.114. The smallest absolute Gasteiger partial charge is 0.123 e. The summed E-state index contributed by atoms with van der Waals surface area (Å²) in [6, 6.07) is 5.33. The van der Waals surface area contributed by atoms with Gasteiger partial charge in [-0.2, -0.15) is 0 Å². The Labute approximate surface area is 166 Å². The molecule has 1 fully saturated rings. The van der Waals surface area contributed by atoms with Gasteiger partial charge in [0.05, 0.1) is 0 Å². The van der Waals surface area contributed by atoms with Crippen LogP contribution < -0.4 is 0 Å². The second kappa shape index (κ2) is 13.7. The number of carbonyl (C=O) groups excluding carboxylic acids is 1. The van der Waals surface area contributed by atoms with E-state index in [1.54, 1.807) is 12.1 Å². The lowest BCUT2D eigenvalue weighted by molar-refractivity contribution is -0.106. The summed E-state index contributed by atoms with van der Waals surface area (Å²) in [7, 11) is 2.19. The van der Waals surface area contributed by atoms with Gasteiger partial charge in [-0.1, -0.05) is 46.3 Å². The third-order valence-corrected chi connectivity index (χ3v) is 4.72. The quantitative estimate of drug-likeness (QED) is 0.461. The first kappa shape index (κ1) is 25.5. The molecule has 2 rings (SSSR count). The molecule has 1 saturated heterocycles. The van der Waals surface area contributed by atoms with E-state index in [0.29, 0.717) is 0 Å². The van der Waals surface area contributed by atoms with Gasteiger partial charge in [0.15, 0.2) is 0 Å². The van der Waals surface area contributed by atoms with Crippen molar-refractivity contribution in [3.8, 4) is 0 Å². The van der Waals surface area contributed by atoms with Gasteiger partial charge in [-0.15, -0.1) is 6.58 Å². The molecule has 1 aliphatic rings. The van der Waals surface area contributed by atoms with Crippen LogP contribution in [0, 0.1) is 11.7 Å². The Hall–Kier alpha value is -1.48. The molecule has 0 radical (unpaired) electrons. The van der Waals surface area contributed by atoms with Crippen molar-refractivity contribution in [2.75, 3.05) is 20.1 Å². The molecule has 3 heteroatoms. The molecule has 1 aliphatic heterocycles. The van der Waals surface area contributed by atoms with E-state index < -0.39 is 0 Å². The summed E-state index contributed by atoms with van der Waals surface area (Å²) in [5.74, 6) is 0.639. The van der Waals surface area contributed by atoms with Crippen LogP contribution in [0.1, 0.15) is 71.4 Å². The predicted molar refractivity (Wildman–Crippen MR) is 116 cm³/mol. The van der Waals surface area contributed by atoms with Gasteiger partial charge >= 0.3 is 0 Å². The third-order valence-electron chi connectivity index (χ3n) is 4.72. The lowest BCUT2D eigenvalue weighted by Gasteiger charge is -2.31. The molecule has 0 unspecified atom stereocenters. The van der Waals surface area contributed by atoms with E-state index >= 15 is 0 Å². The summed E-state index contributed by atoms with van der Waals surface area (Å²) in [6.07, 6.45) is 8.68. The number of allylic oxidation sites excluding steroid dienone is 1. The standard InChI is InChI=1S/C17H26FN.C5H10.C2H4O/c1-17(2,3)16-12-15(18)6-5-14(16)11-13-7-9-19(4)10-8-13;1-3-5-4-2;1-2-3/h5-6,12-13H,7-11H2,1-4H3;3H,1,4-5H2,2H3;2H,1H3. The van der Waals surface area contributed by atoms with E-state index in [0.717, 1.165) is 25.0 Å². The van der Waals surface area contributed by atoms with Crippen LogP contribution in [0.15, 0.2) is 30.9 Å². The molecule has 154 valence electrons. The molecule has 0 amide bonds. The minimum absolute atomic E-state index is 0.0168. The van der Waals surface area contributed by atoms with E-state index in [2.05, 4.69) is 46.2 Å². The normalized spacial score (nSPS) is 15.1. The molecule has 0 saturated carbocycles. The molecule has 27 heavy (non-hydrogen) atoms.